The molecule has 0 amide bonds. The van der Waals surface area contributed by atoms with Gasteiger partial charge in [-0.3, -0.25) is 0 Å². The molecule has 1 aromatic heterocycles. The first-order valence-electron chi connectivity index (χ1n) is 5.18. The summed E-state index contributed by atoms with van der Waals surface area (Å²) in [6.45, 7) is 4.52. The Balaban J connectivity index is 0.00000112. The number of rotatable bonds is 5. The van der Waals surface area contributed by atoms with E-state index in [1.807, 2.05) is 11.3 Å². The highest BCUT2D eigenvalue weighted by atomic mass is 79.9. The molecule has 0 radical (unpaired) electrons. The summed E-state index contributed by atoms with van der Waals surface area (Å²) in [5.41, 5.74) is 0.661. The number of hydrogen-bond donors (Lipinski definition) is 1. The molecule has 1 aliphatic carbocycles. The van der Waals surface area contributed by atoms with Gasteiger partial charge >= 0.3 is 0 Å². The fourth-order valence-corrected chi connectivity index (χ4v) is 3.15. The van der Waals surface area contributed by atoms with Gasteiger partial charge in [0.1, 0.15) is 0 Å². The largest absolute Gasteiger partial charge is 0.311 e. The molecule has 0 unspecified atom stereocenters. The molecule has 0 aromatic carbocycles. The van der Waals surface area contributed by atoms with Crippen molar-refractivity contribution < 1.29 is 0 Å². The van der Waals surface area contributed by atoms with Crippen molar-refractivity contribution >= 4 is 39.7 Å². The Hall–Kier alpha value is 0.430. The van der Waals surface area contributed by atoms with Crippen molar-refractivity contribution in [3.05, 3.63) is 20.8 Å². The quantitative estimate of drug-likeness (QED) is 0.859. The second-order valence-electron chi connectivity index (χ2n) is 4.19. The minimum absolute atomic E-state index is 0. The van der Waals surface area contributed by atoms with Crippen LogP contribution in [0.4, 0.5) is 0 Å². The van der Waals surface area contributed by atoms with Crippen LogP contribution in [0.2, 0.25) is 0 Å². The van der Waals surface area contributed by atoms with Crippen molar-refractivity contribution in [3.8, 4) is 0 Å². The average Bonchev–Trinajstić information content (AvgIpc) is 2.84. The van der Waals surface area contributed by atoms with Gasteiger partial charge in [-0.2, -0.15) is 0 Å². The lowest BCUT2D eigenvalue weighted by Crippen LogP contribution is -2.22. The smallest absolute Gasteiger partial charge is 0.0300 e. The maximum absolute atomic E-state index is 3.56. The van der Waals surface area contributed by atoms with E-state index in [1.54, 1.807) is 0 Å². The SMILES string of the molecule is CCC1(CNCc2cc(Br)cs2)CC1.Cl. The summed E-state index contributed by atoms with van der Waals surface area (Å²) in [4.78, 5) is 1.42. The summed E-state index contributed by atoms with van der Waals surface area (Å²) in [5.74, 6) is 0. The van der Waals surface area contributed by atoms with E-state index in [1.165, 1.54) is 35.2 Å². The molecular formula is C11H17BrClNS. The van der Waals surface area contributed by atoms with Gasteiger partial charge in [-0.1, -0.05) is 6.92 Å². The number of halogens is 2. The Kier molecular flexibility index (Phi) is 5.10. The minimum Gasteiger partial charge on any atom is -0.311 e. The van der Waals surface area contributed by atoms with Crippen LogP contribution in [0.1, 0.15) is 31.1 Å². The highest BCUT2D eigenvalue weighted by Crippen LogP contribution is 2.47. The van der Waals surface area contributed by atoms with Gasteiger partial charge in [-0.25, -0.2) is 0 Å². The lowest BCUT2D eigenvalue weighted by molar-refractivity contribution is 0.444. The third-order valence-electron chi connectivity index (χ3n) is 3.13. The Morgan fingerprint density at radius 1 is 1.53 bits per heavy atom. The van der Waals surface area contributed by atoms with E-state index < -0.39 is 0 Å². The van der Waals surface area contributed by atoms with Crippen LogP contribution in [0.15, 0.2) is 15.9 Å². The molecule has 0 atom stereocenters. The predicted octanol–water partition coefficient (Wildman–Crippen LogP) is 4.21. The van der Waals surface area contributed by atoms with Gasteiger partial charge in [-0.15, -0.1) is 23.7 Å². The van der Waals surface area contributed by atoms with Crippen molar-refractivity contribution in [1.82, 2.24) is 5.32 Å². The molecule has 1 N–H and O–H groups in total. The molecule has 0 aliphatic heterocycles. The lowest BCUT2D eigenvalue weighted by Gasteiger charge is -2.12. The molecule has 1 heterocycles. The van der Waals surface area contributed by atoms with Gasteiger partial charge in [0, 0.05) is 27.8 Å². The van der Waals surface area contributed by atoms with Gasteiger partial charge in [0.05, 0.1) is 0 Å². The molecule has 1 nitrogen and oxygen atoms in total. The predicted molar refractivity (Wildman–Crippen MR) is 72.9 cm³/mol. The van der Waals surface area contributed by atoms with Crippen molar-refractivity contribution in [2.24, 2.45) is 5.41 Å². The normalized spacial score (nSPS) is 17.2. The first-order chi connectivity index (χ1) is 6.74. The molecule has 4 heteroatoms. The Bertz CT molecular complexity index is 309. The topological polar surface area (TPSA) is 12.0 Å². The molecule has 0 spiro atoms. The summed E-state index contributed by atoms with van der Waals surface area (Å²) in [7, 11) is 0. The fraction of sp³-hybridized carbons (Fsp3) is 0.636. The Morgan fingerprint density at radius 3 is 2.73 bits per heavy atom. The fourth-order valence-electron chi connectivity index (χ4n) is 1.73. The molecule has 2 rings (SSSR count). The summed E-state index contributed by atoms with van der Waals surface area (Å²) in [6, 6.07) is 2.20. The van der Waals surface area contributed by atoms with E-state index in [9.17, 15) is 0 Å². The molecule has 86 valence electrons. The van der Waals surface area contributed by atoms with Gasteiger partial charge in [0.2, 0.25) is 0 Å². The van der Waals surface area contributed by atoms with E-state index in [0.29, 0.717) is 5.41 Å². The zero-order chi connectivity index (χ0) is 10.0. The van der Waals surface area contributed by atoms with Crippen LogP contribution in [-0.2, 0) is 6.54 Å². The lowest BCUT2D eigenvalue weighted by atomic mass is 10.0. The van der Waals surface area contributed by atoms with Crippen LogP contribution in [0, 0.1) is 5.41 Å². The molecule has 1 aliphatic rings. The van der Waals surface area contributed by atoms with Crippen LogP contribution in [0.25, 0.3) is 0 Å². The average molecular weight is 311 g/mol. The Labute approximate surface area is 110 Å². The third kappa shape index (κ3) is 3.74. The van der Waals surface area contributed by atoms with Gasteiger partial charge < -0.3 is 5.32 Å². The van der Waals surface area contributed by atoms with Crippen molar-refractivity contribution in [3.63, 3.8) is 0 Å². The van der Waals surface area contributed by atoms with E-state index in [0.717, 1.165) is 6.54 Å². The van der Waals surface area contributed by atoms with Gasteiger partial charge in [0.25, 0.3) is 0 Å². The van der Waals surface area contributed by atoms with E-state index >= 15 is 0 Å². The highest BCUT2D eigenvalue weighted by molar-refractivity contribution is 9.10. The van der Waals surface area contributed by atoms with E-state index in [2.05, 4.69) is 39.6 Å². The standard InChI is InChI=1S/C11H16BrNS.ClH/c1-2-11(3-4-11)8-13-6-10-5-9(12)7-14-10;/h5,7,13H,2-4,6,8H2,1H3;1H. The van der Waals surface area contributed by atoms with Crippen LogP contribution >= 0.6 is 39.7 Å². The van der Waals surface area contributed by atoms with E-state index in [-0.39, 0.29) is 12.4 Å². The van der Waals surface area contributed by atoms with Crippen LogP contribution in [-0.4, -0.2) is 6.54 Å². The summed E-state index contributed by atoms with van der Waals surface area (Å²) >= 11 is 5.29. The Morgan fingerprint density at radius 2 is 2.27 bits per heavy atom. The van der Waals surface area contributed by atoms with Crippen molar-refractivity contribution in [2.45, 2.75) is 32.7 Å². The highest BCUT2D eigenvalue weighted by Gasteiger charge is 2.39. The molecule has 1 fully saturated rings. The summed E-state index contributed by atoms with van der Waals surface area (Å²) in [5, 5.41) is 5.70. The molecule has 1 aromatic rings. The molecular weight excluding hydrogens is 294 g/mol. The zero-order valence-electron chi connectivity index (χ0n) is 8.88. The first kappa shape index (κ1) is 13.5. The maximum atomic E-state index is 3.56. The van der Waals surface area contributed by atoms with Crippen molar-refractivity contribution in [2.75, 3.05) is 6.54 Å². The zero-order valence-corrected chi connectivity index (χ0v) is 12.1. The first-order valence-corrected chi connectivity index (χ1v) is 6.85. The molecule has 15 heavy (non-hydrogen) atoms. The third-order valence-corrected chi connectivity index (χ3v) is 4.83. The minimum atomic E-state index is 0. The monoisotopic (exact) mass is 309 g/mol. The maximum Gasteiger partial charge on any atom is 0.0300 e. The summed E-state index contributed by atoms with van der Waals surface area (Å²) in [6.07, 6.45) is 4.17. The van der Waals surface area contributed by atoms with Crippen LogP contribution in [0.5, 0.6) is 0 Å². The van der Waals surface area contributed by atoms with Crippen molar-refractivity contribution in [1.29, 1.82) is 0 Å². The van der Waals surface area contributed by atoms with Gasteiger partial charge in [-0.05, 0) is 46.7 Å². The van der Waals surface area contributed by atoms with Crippen LogP contribution in [0.3, 0.4) is 0 Å². The molecule has 1 saturated carbocycles. The number of thiophene rings is 1. The number of nitrogens with one attached hydrogen (secondary N) is 1. The number of hydrogen-bond acceptors (Lipinski definition) is 2. The second-order valence-corrected chi connectivity index (χ2v) is 6.10. The van der Waals surface area contributed by atoms with Crippen LogP contribution < -0.4 is 5.32 Å². The summed E-state index contributed by atoms with van der Waals surface area (Å²) < 4.78 is 1.20. The van der Waals surface area contributed by atoms with E-state index in [4.69, 9.17) is 0 Å². The second kappa shape index (κ2) is 5.67. The molecule has 0 saturated heterocycles. The van der Waals surface area contributed by atoms with Gasteiger partial charge in [0.15, 0.2) is 0 Å². The molecule has 0 bridgehead atoms.